The van der Waals surface area contributed by atoms with Gasteiger partial charge in [-0.15, -0.1) is 0 Å². The van der Waals surface area contributed by atoms with Gasteiger partial charge >= 0.3 is 6.09 Å². The summed E-state index contributed by atoms with van der Waals surface area (Å²) in [5, 5.41) is 20.2. The molecule has 0 heterocycles. The third-order valence-electron chi connectivity index (χ3n) is 9.38. The summed E-state index contributed by atoms with van der Waals surface area (Å²) in [6.07, 6.45) is -1.06. The standard InChI is InChI=1S/C46H56N4O7/c1-30(2)25-39(44(55)48-38(42(47)53)28-33-21-23-35(24-22-33)41(52)34-19-13-8-14-20-34)49-43(54)36(26-31-15-9-6-10-16-31)29-40(51)37(27-32-17-11-7-12-18-32)50-45(56)57-46(3,4)5/h6-24,30,36-40,51H,25-29H2,1-5H3,(H2,47,53)(H,48,55)(H,49,54)(H,50,56)/t36-,37-,38-,39-,40+/m0/s1. The fourth-order valence-electron chi connectivity index (χ4n) is 6.52. The van der Waals surface area contributed by atoms with Crippen molar-refractivity contribution >= 4 is 29.6 Å². The molecule has 302 valence electrons. The quantitative estimate of drug-likeness (QED) is 0.0758. The second-order valence-corrected chi connectivity index (χ2v) is 15.9. The van der Waals surface area contributed by atoms with E-state index in [0.717, 1.165) is 11.1 Å². The van der Waals surface area contributed by atoms with Gasteiger partial charge in [0.05, 0.1) is 12.1 Å². The minimum absolute atomic E-state index is 0.0192. The first-order valence-corrected chi connectivity index (χ1v) is 19.4. The zero-order valence-electron chi connectivity index (χ0n) is 33.4. The molecule has 4 rings (SSSR count). The van der Waals surface area contributed by atoms with Crippen molar-refractivity contribution in [3.05, 3.63) is 143 Å². The number of alkyl carbamates (subject to hydrolysis) is 1. The molecule has 4 aromatic rings. The number of benzene rings is 4. The Morgan fingerprint density at radius 1 is 0.614 bits per heavy atom. The minimum Gasteiger partial charge on any atom is -0.444 e. The number of hydrogen-bond donors (Lipinski definition) is 5. The van der Waals surface area contributed by atoms with E-state index in [-0.39, 0.29) is 43.8 Å². The number of nitrogens with two attached hydrogens (primary N) is 1. The van der Waals surface area contributed by atoms with Gasteiger partial charge in [-0.2, -0.15) is 0 Å². The third-order valence-corrected chi connectivity index (χ3v) is 9.38. The van der Waals surface area contributed by atoms with Crippen LogP contribution in [0, 0.1) is 11.8 Å². The Morgan fingerprint density at radius 2 is 1.11 bits per heavy atom. The Kier molecular flexibility index (Phi) is 16.1. The van der Waals surface area contributed by atoms with Crippen molar-refractivity contribution < 1.29 is 33.8 Å². The number of hydrogen-bond acceptors (Lipinski definition) is 7. The van der Waals surface area contributed by atoms with Crippen LogP contribution in [0.1, 0.15) is 80.1 Å². The van der Waals surface area contributed by atoms with Crippen LogP contribution in [0.3, 0.4) is 0 Å². The molecule has 0 unspecified atom stereocenters. The summed E-state index contributed by atoms with van der Waals surface area (Å²) >= 11 is 0. The number of carbonyl (C=O) groups excluding carboxylic acids is 5. The number of amides is 4. The zero-order valence-corrected chi connectivity index (χ0v) is 33.4. The maximum absolute atomic E-state index is 14.2. The van der Waals surface area contributed by atoms with Crippen LogP contribution in [0.5, 0.6) is 0 Å². The summed E-state index contributed by atoms with van der Waals surface area (Å²) < 4.78 is 5.51. The Bertz CT molecular complexity index is 1910. The van der Waals surface area contributed by atoms with Crippen LogP contribution in [0.15, 0.2) is 115 Å². The van der Waals surface area contributed by atoms with Crippen LogP contribution >= 0.6 is 0 Å². The third kappa shape index (κ3) is 14.7. The summed E-state index contributed by atoms with van der Waals surface area (Å²) in [4.78, 5) is 66.6. The van der Waals surface area contributed by atoms with Gasteiger partial charge in [0.1, 0.15) is 17.7 Å². The topological polar surface area (TPSA) is 177 Å². The molecule has 57 heavy (non-hydrogen) atoms. The molecule has 0 radical (unpaired) electrons. The van der Waals surface area contributed by atoms with E-state index < -0.39 is 59.6 Å². The van der Waals surface area contributed by atoms with Gasteiger partial charge in [-0.05, 0) is 69.1 Å². The summed E-state index contributed by atoms with van der Waals surface area (Å²) in [6, 6.07) is 31.5. The van der Waals surface area contributed by atoms with E-state index in [1.165, 1.54) is 0 Å². The van der Waals surface area contributed by atoms with E-state index in [1.807, 2.05) is 80.6 Å². The number of rotatable bonds is 19. The summed E-state index contributed by atoms with van der Waals surface area (Å²) in [5.74, 6) is -2.78. The molecule has 0 saturated carbocycles. The van der Waals surface area contributed by atoms with E-state index in [4.69, 9.17) is 10.5 Å². The molecule has 0 aliphatic carbocycles. The fraction of sp³-hybridized carbons (Fsp3) is 0.370. The average molecular weight is 777 g/mol. The Balaban J connectivity index is 1.52. The number of ether oxygens (including phenoxy) is 1. The molecular weight excluding hydrogens is 721 g/mol. The van der Waals surface area contributed by atoms with Crippen molar-refractivity contribution in [2.75, 3.05) is 0 Å². The summed E-state index contributed by atoms with van der Waals surface area (Å²) in [5.41, 5.74) is 8.42. The Labute approximate surface area is 335 Å². The minimum atomic E-state index is -1.18. The van der Waals surface area contributed by atoms with Gasteiger partial charge in [-0.1, -0.05) is 129 Å². The van der Waals surface area contributed by atoms with Crippen LogP contribution in [-0.2, 0) is 38.4 Å². The van der Waals surface area contributed by atoms with Crippen molar-refractivity contribution in [3.63, 3.8) is 0 Å². The Morgan fingerprint density at radius 3 is 1.63 bits per heavy atom. The van der Waals surface area contributed by atoms with Gasteiger partial charge in [-0.3, -0.25) is 19.2 Å². The van der Waals surface area contributed by atoms with Crippen molar-refractivity contribution in [1.29, 1.82) is 0 Å². The lowest BCUT2D eigenvalue weighted by Crippen LogP contribution is -2.55. The first kappa shape index (κ1) is 43.9. The van der Waals surface area contributed by atoms with Crippen LogP contribution in [-0.4, -0.2) is 64.5 Å². The van der Waals surface area contributed by atoms with Crippen molar-refractivity contribution in [2.24, 2.45) is 17.6 Å². The van der Waals surface area contributed by atoms with E-state index in [0.29, 0.717) is 16.7 Å². The molecule has 0 aliphatic heterocycles. The first-order valence-electron chi connectivity index (χ1n) is 19.4. The van der Waals surface area contributed by atoms with E-state index in [1.54, 1.807) is 69.3 Å². The molecule has 0 spiro atoms. The van der Waals surface area contributed by atoms with Crippen molar-refractivity contribution in [3.8, 4) is 0 Å². The van der Waals surface area contributed by atoms with Crippen molar-refractivity contribution in [1.82, 2.24) is 16.0 Å². The average Bonchev–Trinajstić information content (AvgIpc) is 3.17. The summed E-state index contributed by atoms with van der Waals surface area (Å²) in [6.45, 7) is 9.07. The second kappa shape index (κ2) is 20.9. The van der Waals surface area contributed by atoms with Gasteiger partial charge in [0, 0.05) is 23.5 Å². The maximum Gasteiger partial charge on any atom is 0.407 e. The number of ketones is 1. The van der Waals surface area contributed by atoms with E-state index >= 15 is 0 Å². The molecule has 0 aliphatic rings. The van der Waals surface area contributed by atoms with Crippen LogP contribution in [0.25, 0.3) is 0 Å². The molecular formula is C46H56N4O7. The second-order valence-electron chi connectivity index (χ2n) is 15.9. The van der Waals surface area contributed by atoms with Gasteiger partial charge in [-0.25, -0.2) is 4.79 Å². The predicted octanol–water partition coefficient (Wildman–Crippen LogP) is 5.71. The highest BCUT2D eigenvalue weighted by atomic mass is 16.6. The lowest BCUT2D eigenvalue weighted by molar-refractivity contribution is -0.133. The number of aliphatic hydroxyl groups excluding tert-OH is 1. The van der Waals surface area contributed by atoms with Crippen molar-refractivity contribution in [2.45, 2.75) is 96.6 Å². The largest absolute Gasteiger partial charge is 0.444 e. The van der Waals surface area contributed by atoms with Crippen LogP contribution < -0.4 is 21.7 Å². The molecule has 5 atom stereocenters. The zero-order chi connectivity index (χ0) is 41.5. The Hall–Kier alpha value is -5.81. The SMILES string of the molecule is CC(C)C[C@H](NC(=O)[C@@H](Cc1ccccc1)C[C@@H](O)[C@H](Cc1ccccc1)NC(=O)OC(C)(C)C)C(=O)N[C@@H](Cc1ccc(C(=O)c2ccccc2)cc1)C(N)=O. The molecule has 4 amide bonds. The summed E-state index contributed by atoms with van der Waals surface area (Å²) in [7, 11) is 0. The smallest absolute Gasteiger partial charge is 0.407 e. The molecule has 4 aromatic carbocycles. The number of carbonyl (C=O) groups is 5. The maximum atomic E-state index is 14.2. The molecule has 11 nitrogen and oxygen atoms in total. The molecule has 0 fully saturated rings. The number of aliphatic hydroxyl groups is 1. The van der Waals surface area contributed by atoms with E-state index in [2.05, 4.69) is 16.0 Å². The monoisotopic (exact) mass is 776 g/mol. The van der Waals surface area contributed by atoms with E-state index in [9.17, 15) is 29.1 Å². The molecule has 11 heteroatoms. The molecule has 6 N–H and O–H groups in total. The van der Waals surface area contributed by atoms with Gasteiger partial charge in [0.25, 0.3) is 0 Å². The highest BCUT2D eigenvalue weighted by Gasteiger charge is 2.33. The normalized spacial score (nSPS) is 14.0. The van der Waals surface area contributed by atoms with Gasteiger partial charge in [0.15, 0.2) is 5.78 Å². The lowest BCUT2D eigenvalue weighted by Gasteiger charge is -2.30. The lowest BCUT2D eigenvalue weighted by atomic mass is 9.88. The molecule has 0 aromatic heterocycles. The molecule has 0 bridgehead atoms. The fourth-order valence-corrected chi connectivity index (χ4v) is 6.52. The first-order chi connectivity index (χ1) is 27.1. The highest BCUT2D eigenvalue weighted by Crippen LogP contribution is 2.21. The number of primary amides is 1. The molecule has 0 saturated heterocycles. The predicted molar refractivity (Wildman–Crippen MR) is 220 cm³/mol. The van der Waals surface area contributed by atoms with Gasteiger partial charge in [0.2, 0.25) is 17.7 Å². The van der Waals surface area contributed by atoms with Gasteiger partial charge < -0.3 is 31.5 Å². The highest BCUT2D eigenvalue weighted by molar-refractivity contribution is 6.09. The van der Waals surface area contributed by atoms with Crippen LogP contribution in [0.4, 0.5) is 4.79 Å². The van der Waals surface area contributed by atoms with Crippen LogP contribution in [0.2, 0.25) is 0 Å². The number of nitrogens with one attached hydrogen (secondary N) is 3.